The fourth-order valence-corrected chi connectivity index (χ4v) is 4.57. The van der Waals surface area contributed by atoms with Crippen LogP contribution in [-0.2, 0) is 20.7 Å². The van der Waals surface area contributed by atoms with Crippen molar-refractivity contribution in [2.75, 3.05) is 6.61 Å². The van der Waals surface area contributed by atoms with E-state index in [1.165, 1.54) is 0 Å². The molecule has 150 valence electrons. The fourth-order valence-electron chi connectivity index (χ4n) is 4.37. The average Bonchev–Trinajstić information content (AvgIpc) is 2.73. The van der Waals surface area contributed by atoms with Gasteiger partial charge in [-0.05, 0) is 63.0 Å². The van der Waals surface area contributed by atoms with Gasteiger partial charge in [0.25, 0.3) is 0 Å². The van der Waals surface area contributed by atoms with Crippen LogP contribution >= 0.6 is 11.6 Å². The largest absolute Gasteiger partial charge is 0.465 e. The van der Waals surface area contributed by atoms with Gasteiger partial charge in [-0.1, -0.05) is 35.9 Å². The molecule has 0 radical (unpaired) electrons. The highest BCUT2D eigenvalue weighted by atomic mass is 35.5. The Labute approximate surface area is 172 Å². The minimum absolute atomic E-state index is 0.0160. The number of hydrogen-bond donors (Lipinski definition) is 0. The zero-order valence-electron chi connectivity index (χ0n) is 16.4. The molecule has 0 saturated heterocycles. The number of esters is 1. The van der Waals surface area contributed by atoms with E-state index in [1.807, 2.05) is 0 Å². The maximum Gasteiger partial charge on any atom is 0.316 e. The standard InChI is InChI=1S/C23H28ClNO3/c1-2-28-23(27)19(15-21-20(24)9-6-14-25-21)22(26)18-12-10-17(11-13-18)16-7-4-3-5-8-16/h3-7,9,14,16-19H,2,8,10-13,15H2,1H3. The first kappa shape index (κ1) is 20.8. The zero-order valence-corrected chi connectivity index (χ0v) is 17.1. The van der Waals surface area contributed by atoms with Crippen LogP contribution in [0, 0.1) is 23.7 Å². The maximum absolute atomic E-state index is 13.2. The Morgan fingerprint density at radius 2 is 2.04 bits per heavy atom. The molecule has 2 aliphatic carbocycles. The summed E-state index contributed by atoms with van der Waals surface area (Å²) in [6, 6.07) is 3.47. The molecular weight excluding hydrogens is 374 g/mol. The van der Waals surface area contributed by atoms with Gasteiger partial charge < -0.3 is 4.74 Å². The van der Waals surface area contributed by atoms with Gasteiger partial charge in [0.15, 0.2) is 5.78 Å². The molecule has 4 nitrogen and oxygen atoms in total. The predicted octanol–water partition coefficient (Wildman–Crippen LogP) is 4.96. The van der Waals surface area contributed by atoms with Gasteiger partial charge in [-0.25, -0.2) is 0 Å². The van der Waals surface area contributed by atoms with Crippen LogP contribution in [0.5, 0.6) is 0 Å². The minimum Gasteiger partial charge on any atom is -0.465 e. The Kier molecular flexibility index (Phi) is 7.43. The van der Waals surface area contributed by atoms with E-state index in [4.69, 9.17) is 16.3 Å². The summed E-state index contributed by atoms with van der Waals surface area (Å²) in [4.78, 5) is 30.0. The van der Waals surface area contributed by atoms with Crippen LogP contribution in [0.1, 0.15) is 44.7 Å². The number of ether oxygens (including phenoxy) is 1. The molecule has 0 spiro atoms. The third kappa shape index (κ3) is 5.11. The van der Waals surface area contributed by atoms with Crippen LogP contribution in [-0.4, -0.2) is 23.3 Å². The lowest BCUT2D eigenvalue weighted by atomic mass is 9.71. The second kappa shape index (κ2) is 10.0. The van der Waals surface area contributed by atoms with Crippen LogP contribution in [0.15, 0.2) is 42.6 Å². The molecule has 0 aromatic carbocycles. The molecule has 0 N–H and O–H groups in total. The maximum atomic E-state index is 13.2. The third-order valence-corrected chi connectivity index (χ3v) is 6.28. The smallest absolute Gasteiger partial charge is 0.316 e. The number of carbonyl (C=O) groups excluding carboxylic acids is 2. The fraction of sp³-hybridized carbons (Fsp3) is 0.522. The first-order valence-corrected chi connectivity index (χ1v) is 10.6. The Hall–Kier alpha value is -1.94. The third-order valence-electron chi connectivity index (χ3n) is 5.94. The summed E-state index contributed by atoms with van der Waals surface area (Å²) < 4.78 is 5.20. The highest BCUT2D eigenvalue weighted by Crippen LogP contribution is 2.38. The molecule has 1 aromatic rings. The number of hydrogen-bond acceptors (Lipinski definition) is 4. The van der Waals surface area contributed by atoms with Crippen molar-refractivity contribution in [2.24, 2.45) is 23.7 Å². The van der Waals surface area contributed by atoms with Crippen molar-refractivity contribution in [1.82, 2.24) is 4.98 Å². The summed E-state index contributed by atoms with van der Waals surface area (Å²) in [6.45, 7) is 2.01. The molecule has 1 saturated carbocycles. The van der Waals surface area contributed by atoms with Gasteiger partial charge in [-0.3, -0.25) is 14.6 Å². The quantitative estimate of drug-likeness (QED) is 0.478. The lowest BCUT2D eigenvalue weighted by Gasteiger charge is -2.33. The van der Waals surface area contributed by atoms with Crippen molar-refractivity contribution < 1.29 is 14.3 Å². The van der Waals surface area contributed by atoms with Crippen molar-refractivity contribution in [3.63, 3.8) is 0 Å². The topological polar surface area (TPSA) is 56.3 Å². The van der Waals surface area contributed by atoms with Crippen LogP contribution in [0.4, 0.5) is 0 Å². The Morgan fingerprint density at radius 3 is 2.68 bits per heavy atom. The highest BCUT2D eigenvalue weighted by molar-refractivity contribution is 6.31. The molecule has 2 aliphatic rings. The van der Waals surface area contributed by atoms with Gasteiger partial charge in [0.2, 0.25) is 0 Å². The lowest BCUT2D eigenvalue weighted by molar-refractivity contribution is -0.153. The Bertz CT molecular complexity index is 750. The number of carbonyl (C=O) groups is 2. The van der Waals surface area contributed by atoms with Crippen LogP contribution < -0.4 is 0 Å². The molecule has 28 heavy (non-hydrogen) atoms. The molecular formula is C23H28ClNO3. The first-order valence-electron chi connectivity index (χ1n) is 10.2. The number of pyridine rings is 1. The van der Waals surface area contributed by atoms with Gasteiger partial charge in [-0.15, -0.1) is 0 Å². The van der Waals surface area contributed by atoms with E-state index in [1.54, 1.807) is 25.3 Å². The predicted molar refractivity (Wildman–Crippen MR) is 110 cm³/mol. The van der Waals surface area contributed by atoms with E-state index in [2.05, 4.69) is 29.3 Å². The van der Waals surface area contributed by atoms with Crippen molar-refractivity contribution in [2.45, 2.75) is 45.4 Å². The number of Topliss-reactive ketones (excluding diaryl/α,β-unsaturated/α-hetero) is 1. The normalized spacial score (nSPS) is 25.3. The molecule has 0 aliphatic heterocycles. The number of nitrogens with zero attached hydrogens (tertiary/aromatic N) is 1. The van der Waals surface area contributed by atoms with E-state index in [-0.39, 0.29) is 24.7 Å². The molecule has 1 aromatic heterocycles. The van der Waals surface area contributed by atoms with Crippen LogP contribution in [0.25, 0.3) is 0 Å². The van der Waals surface area contributed by atoms with E-state index in [0.717, 1.165) is 32.1 Å². The molecule has 1 fully saturated rings. The van der Waals surface area contributed by atoms with Gasteiger partial charge >= 0.3 is 5.97 Å². The van der Waals surface area contributed by atoms with Crippen molar-refractivity contribution >= 4 is 23.4 Å². The number of halogens is 1. The first-order chi connectivity index (χ1) is 13.6. The summed E-state index contributed by atoms with van der Waals surface area (Å²) in [7, 11) is 0. The van der Waals surface area contributed by atoms with Gasteiger partial charge in [-0.2, -0.15) is 0 Å². The van der Waals surface area contributed by atoms with Gasteiger partial charge in [0, 0.05) is 18.5 Å². The molecule has 0 bridgehead atoms. The molecule has 1 heterocycles. The average molecular weight is 402 g/mol. The molecule has 5 heteroatoms. The van der Waals surface area contributed by atoms with E-state index in [9.17, 15) is 9.59 Å². The molecule has 0 amide bonds. The summed E-state index contributed by atoms with van der Waals surface area (Å²) in [5.41, 5.74) is 0.573. The summed E-state index contributed by atoms with van der Waals surface area (Å²) in [5.74, 6) is -0.192. The van der Waals surface area contributed by atoms with E-state index < -0.39 is 11.9 Å². The zero-order chi connectivity index (χ0) is 19.9. The number of rotatable bonds is 7. The molecule has 2 unspecified atom stereocenters. The highest BCUT2D eigenvalue weighted by Gasteiger charge is 2.37. The summed E-state index contributed by atoms with van der Waals surface area (Å²) >= 11 is 6.21. The van der Waals surface area contributed by atoms with Crippen molar-refractivity contribution in [3.8, 4) is 0 Å². The Morgan fingerprint density at radius 1 is 1.25 bits per heavy atom. The van der Waals surface area contributed by atoms with Crippen molar-refractivity contribution in [1.29, 1.82) is 0 Å². The van der Waals surface area contributed by atoms with Gasteiger partial charge in [0.05, 0.1) is 17.3 Å². The van der Waals surface area contributed by atoms with Crippen LogP contribution in [0.3, 0.4) is 0 Å². The van der Waals surface area contributed by atoms with Gasteiger partial charge in [0.1, 0.15) is 5.92 Å². The monoisotopic (exact) mass is 401 g/mol. The SMILES string of the molecule is CCOC(=O)C(Cc1ncccc1Cl)C(=O)C1CCC(C2C=CC=CC2)CC1. The van der Waals surface area contributed by atoms with E-state index in [0.29, 0.717) is 22.6 Å². The second-order valence-electron chi connectivity index (χ2n) is 7.67. The molecule has 2 atom stereocenters. The minimum atomic E-state index is -0.827. The lowest BCUT2D eigenvalue weighted by Crippen LogP contribution is -2.35. The van der Waals surface area contributed by atoms with E-state index >= 15 is 0 Å². The number of aromatic nitrogens is 1. The summed E-state index contributed by atoms with van der Waals surface area (Å²) in [6.07, 6.45) is 15.4. The Balaban J connectivity index is 1.66. The summed E-state index contributed by atoms with van der Waals surface area (Å²) in [5, 5.41) is 0.477. The number of allylic oxidation sites excluding steroid dienone is 4. The van der Waals surface area contributed by atoms with Crippen molar-refractivity contribution in [3.05, 3.63) is 53.4 Å². The second-order valence-corrected chi connectivity index (χ2v) is 8.07. The van der Waals surface area contributed by atoms with Crippen LogP contribution in [0.2, 0.25) is 5.02 Å². The number of ketones is 1. The molecule has 3 rings (SSSR count).